The maximum atomic E-state index is 12.9. The third-order valence-corrected chi connectivity index (χ3v) is 2.98. The molecule has 19 heavy (non-hydrogen) atoms. The predicted molar refractivity (Wildman–Crippen MR) is 67.0 cm³/mol. The maximum Gasteiger partial charge on any atom is 0.340 e. The van der Waals surface area contributed by atoms with Gasteiger partial charge in [0.15, 0.2) is 11.9 Å². The van der Waals surface area contributed by atoms with Gasteiger partial charge in [-0.25, -0.2) is 9.18 Å². The smallest absolute Gasteiger partial charge is 0.340 e. The fraction of sp³-hybridized carbons (Fsp3) is 0.250. The molecule has 0 aliphatic heterocycles. The van der Waals surface area contributed by atoms with Crippen LogP contribution in [-0.2, 0) is 4.74 Å². The number of benzene rings is 1. The Morgan fingerprint density at radius 3 is 2.84 bits per heavy atom. The highest BCUT2D eigenvalue weighted by atomic mass is 79.9. The van der Waals surface area contributed by atoms with E-state index in [4.69, 9.17) is 9.26 Å². The Bertz CT molecular complexity index is 615. The van der Waals surface area contributed by atoms with E-state index in [0.29, 0.717) is 10.3 Å². The molecule has 0 aliphatic carbocycles. The normalized spacial score (nSPS) is 12.2. The van der Waals surface area contributed by atoms with E-state index in [2.05, 4.69) is 26.1 Å². The summed E-state index contributed by atoms with van der Waals surface area (Å²) in [7, 11) is 0. The fourth-order valence-corrected chi connectivity index (χ4v) is 1.92. The standard InChI is InChI=1S/C12H10BrFN2O3/c1-6(11-15-7(2)16-19-11)18-12(17)9-4-3-8(14)5-10(9)13/h3-6H,1-2H3. The quantitative estimate of drug-likeness (QED) is 0.809. The molecule has 0 bridgehead atoms. The van der Waals surface area contributed by atoms with Gasteiger partial charge in [-0.05, 0) is 48.0 Å². The first-order valence-electron chi connectivity index (χ1n) is 5.43. The lowest BCUT2D eigenvalue weighted by molar-refractivity contribution is 0.0264. The number of nitrogens with zero attached hydrogens (tertiary/aromatic N) is 2. The lowest BCUT2D eigenvalue weighted by atomic mass is 10.2. The second-order valence-electron chi connectivity index (χ2n) is 3.85. The SMILES string of the molecule is Cc1noc(C(C)OC(=O)c2ccc(F)cc2Br)n1. The van der Waals surface area contributed by atoms with E-state index in [0.717, 1.165) is 0 Å². The molecule has 1 aromatic heterocycles. The molecule has 0 fully saturated rings. The molecule has 1 atom stereocenters. The van der Waals surface area contributed by atoms with Crippen LogP contribution in [0.25, 0.3) is 0 Å². The first kappa shape index (κ1) is 13.7. The Balaban J connectivity index is 2.12. The molecule has 0 radical (unpaired) electrons. The number of hydrogen-bond donors (Lipinski definition) is 0. The Morgan fingerprint density at radius 2 is 2.26 bits per heavy atom. The monoisotopic (exact) mass is 328 g/mol. The van der Waals surface area contributed by atoms with Gasteiger partial charge in [-0.15, -0.1) is 0 Å². The number of carbonyl (C=O) groups excluding carboxylic acids is 1. The van der Waals surface area contributed by atoms with Crippen molar-refractivity contribution < 1.29 is 18.4 Å². The highest BCUT2D eigenvalue weighted by molar-refractivity contribution is 9.10. The van der Waals surface area contributed by atoms with Crippen molar-refractivity contribution in [3.8, 4) is 0 Å². The van der Waals surface area contributed by atoms with Crippen molar-refractivity contribution in [1.82, 2.24) is 10.1 Å². The number of carbonyl (C=O) groups is 1. The van der Waals surface area contributed by atoms with Gasteiger partial charge in [0, 0.05) is 4.47 Å². The Morgan fingerprint density at radius 1 is 1.53 bits per heavy atom. The number of aryl methyl sites for hydroxylation is 1. The van der Waals surface area contributed by atoms with Crippen molar-refractivity contribution in [2.24, 2.45) is 0 Å². The largest absolute Gasteiger partial charge is 0.449 e. The summed E-state index contributed by atoms with van der Waals surface area (Å²) in [6, 6.07) is 3.72. The highest BCUT2D eigenvalue weighted by Crippen LogP contribution is 2.22. The minimum Gasteiger partial charge on any atom is -0.449 e. The van der Waals surface area contributed by atoms with Gasteiger partial charge in [-0.1, -0.05) is 5.16 Å². The molecule has 0 aliphatic rings. The minimum atomic E-state index is -0.675. The number of hydrogen-bond acceptors (Lipinski definition) is 5. The summed E-state index contributed by atoms with van der Waals surface area (Å²) < 4.78 is 23.3. The second kappa shape index (κ2) is 5.48. The van der Waals surface area contributed by atoms with E-state index in [1.54, 1.807) is 13.8 Å². The second-order valence-corrected chi connectivity index (χ2v) is 4.71. The van der Waals surface area contributed by atoms with Crippen LogP contribution in [0.15, 0.2) is 27.2 Å². The number of esters is 1. The Hall–Kier alpha value is -1.76. The summed E-state index contributed by atoms with van der Waals surface area (Å²) in [5.41, 5.74) is 0.226. The summed E-state index contributed by atoms with van der Waals surface area (Å²) in [5, 5.41) is 3.61. The number of ether oxygens (including phenoxy) is 1. The molecular formula is C12H10BrFN2O3. The van der Waals surface area contributed by atoms with Gasteiger partial charge in [-0.2, -0.15) is 4.98 Å². The van der Waals surface area contributed by atoms with Gasteiger partial charge >= 0.3 is 5.97 Å². The van der Waals surface area contributed by atoms with Crippen molar-refractivity contribution in [1.29, 1.82) is 0 Å². The van der Waals surface area contributed by atoms with Crippen LogP contribution in [0.4, 0.5) is 4.39 Å². The molecular weight excluding hydrogens is 319 g/mol. The Labute approximate surface area is 116 Å². The molecule has 0 N–H and O–H groups in total. The van der Waals surface area contributed by atoms with E-state index in [1.807, 2.05) is 0 Å². The van der Waals surface area contributed by atoms with E-state index >= 15 is 0 Å². The van der Waals surface area contributed by atoms with Crippen molar-refractivity contribution >= 4 is 21.9 Å². The van der Waals surface area contributed by atoms with E-state index < -0.39 is 17.9 Å². The van der Waals surface area contributed by atoms with E-state index in [-0.39, 0.29) is 11.5 Å². The number of halogens is 2. The molecule has 1 unspecified atom stereocenters. The molecule has 7 heteroatoms. The number of rotatable bonds is 3. The van der Waals surface area contributed by atoms with Gasteiger partial charge < -0.3 is 9.26 Å². The predicted octanol–water partition coefficient (Wildman–Crippen LogP) is 3.20. The molecule has 1 aromatic carbocycles. The van der Waals surface area contributed by atoms with Crippen LogP contribution in [0, 0.1) is 12.7 Å². The van der Waals surface area contributed by atoms with Gasteiger partial charge in [0.05, 0.1) is 5.56 Å². The third kappa shape index (κ3) is 3.17. The molecule has 0 saturated heterocycles. The van der Waals surface area contributed by atoms with Gasteiger partial charge in [0.2, 0.25) is 0 Å². The highest BCUT2D eigenvalue weighted by Gasteiger charge is 2.20. The summed E-state index contributed by atoms with van der Waals surface area (Å²) in [6.45, 7) is 3.28. The zero-order valence-corrected chi connectivity index (χ0v) is 11.8. The average molecular weight is 329 g/mol. The van der Waals surface area contributed by atoms with Crippen LogP contribution in [0.2, 0.25) is 0 Å². The molecule has 0 spiro atoms. The fourth-order valence-electron chi connectivity index (χ4n) is 1.41. The van der Waals surface area contributed by atoms with Crippen LogP contribution in [0.5, 0.6) is 0 Å². The van der Waals surface area contributed by atoms with Crippen LogP contribution < -0.4 is 0 Å². The van der Waals surface area contributed by atoms with Gasteiger partial charge in [0.25, 0.3) is 5.89 Å². The average Bonchev–Trinajstić information content (AvgIpc) is 2.75. The summed E-state index contributed by atoms with van der Waals surface area (Å²) in [4.78, 5) is 15.9. The lowest BCUT2D eigenvalue weighted by Gasteiger charge is -2.10. The first-order valence-corrected chi connectivity index (χ1v) is 6.23. The van der Waals surface area contributed by atoms with Crippen LogP contribution >= 0.6 is 15.9 Å². The first-order chi connectivity index (χ1) is 8.97. The van der Waals surface area contributed by atoms with Crippen molar-refractivity contribution in [3.05, 3.63) is 45.8 Å². The maximum absolute atomic E-state index is 12.9. The zero-order valence-electron chi connectivity index (χ0n) is 10.2. The summed E-state index contributed by atoms with van der Waals surface area (Å²) >= 11 is 3.11. The molecule has 100 valence electrons. The van der Waals surface area contributed by atoms with Crippen molar-refractivity contribution in [2.45, 2.75) is 20.0 Å². The molecule has 5 nitrogen and oxygen atoms in total. The number of aromatic nitrogens is 2. The zero-order chi connectivity index (χ0) is 14.0. The molecule has 1 heterocycles. The summed E-state index contributed by atoms with van der Waals surface area (Å²) in [6.07, 6.45) is -0.675. The minimum absolute atomic E-state index is 0.212. The molecule has 2 aromatic rings. The van der Waals surface area contributed by atoms with E-state index in [9.17, 15) is 9.18 Å². The summed E-state index contributed by atoms with van der Waals surface area (Å²) in [5.74, 6) is -0.371. The van der Waals surface area contributed by atoms with Crippen molar-refractivity contribution in [3.63, 3.8) is 0 Å². The lowest BCUT2D eigenvalue weighted by Crippen LogP contribution is -2.10. The van der Waals surface area contributed by atoms with Gasteiger partial charge in [-0.3, -0.25) is 0 Å². The van der Waals surface area contributed by atoms with E-state index in [1.165, 1.54) is 18.2 Å². The van der Waals surface area contributed by atoms with Crippen LogP contribution in [0.1, 0.15) is 35.1 Å². The molecule has 2 rings (SSSR count). The van der Waals surface area contributed by atoms with Crippen molar-refractivity contribution in [2.75, 3.05) is 0 Å². The molecule has 0 amide bonds. The third-order valence-electron chi connectivity index (χ3n) is 2.33. The molecule has 0 saturated carbocycles. The topological polar surface area (TPSA) is 65.2 Å². The van der Waals surface area contributed by atoms with Gasteiger partial charge in [0.1, 0.15) is 5.82 Å². The Kier molecular flexibility index (Phi) is 3.94. The van der Waals surface area contributed by atoms with Crippen LogP contribution in [0.3, 0.4) is 0 Å². The van der Waals surface area contributed by atoms with Crippen LogP contribution in [-0.4, -0.2) is 16.1 Å².